The molecule has 7 heteroatoms. The van der Waals surface area contributed by atoms with Gasteiger partial charge in [0.1, 0.15) is 4.88 Å². The number of carbonyl (C=O) groups excluding carboxylic acids is 2. The van der Waals surface area contributed by atoms with Gasteiger partial charge in [-0.3, -0.25) is 4.79 Å². The van der Waals surface area contributed by atoms with Gasteiger partial charge < -0.3 is 15.4 Å². The zero-order chi connectivity index (χ0) is 15.5. The van der Waals surface area contributed by atoms with Gasteiger partial charge in [0.25, 0.3) is 0 Å². The Morgan fingerprint density at radius 3 is 3.09 bits per heavy atom. The Hall–Kier alpha value is -1.44. The zero-order valence-electron chi connectivity index (χ0n) is 12.3. The SMILES string of the molecule is CCOC(=O)c1sc2ccsc2c1CNC(=O)C1CCCN1. The fourth-order valence-electron chi connectivity index (χ4n) is 2.60. The van der Waals surface area contributed by atoms with E-state index in [0.29, 0.717) is 18.0 Å². The van der Waals surface area contributed by atoms with E-state index >= 15 is 0 Å². The highest BCUT2D eigenvalue weighted by atomic mass is 32.1. The summed E-state index contributed by atoms with van der Waals surface area (Å²) in [4.78, 5) is 24.8. The minimum atomic E-state index is -0.306. The maximum Gasteiger partial charge on any atom is 0.348 e. The summed E-state index contributed by atoms with van der Waals surface area (Å²) in [5, 5.41) is 8.13. The topological polar surface area (TPSA) is 67.4 Å². The summed E-state index contributed by atoms with van der Waals surface area (Å²) in [7, 11) is 0. The first kappa shape index (κ1) is 15.5. The molecule has 5 nitrogen and oxygen atoms in total. The molecule has 3 heterocycles. The van der Waals surface area contributed by atoms with Crippen LogP contribution in [-0.2, 0) is 16.1 Å². The quantitative estimate of drug-likeness (QED) is 0.822. The third-order valence-corrected chi connectivity index (χ3v) is 5.95. The van der Waals surface area contributed by atoms with Gasteiger partial charge in [0.2, 0.25) is 5.91 Å². The van der Waals surface area contributed by atoms with Crippen molar-refractivity contribution in [2.45, 2.75) is 32.4 Å². The molecule has 1 aliphatic heterocycles. The largest absolute Gasteiger partial charge is 0.462 e. The molecule has 2 aromatic heterocycles. The molecule has 2 N–H and O–H groups in total. The smallest absolute Gasteiger partial charge is 0.348 e. The Bertz CT molecular complexity index is 686. The van der Waals surface area contributed by atoms with Gasteiger partial charge in [-0.15, -0.1) is 22.7 Å². The Morgan fingerprint density at radius 1 is 1.50 bits per heavy atom. The number of rotatable bonds is 5. The Morgan fingerprint density at radius 2 is 2.36 bits per heavy atom. The van der Waals surface area contributed by atoms with Crippen molar-refractivity contribution >= 4 is 43.9 Å². The number of fused-ring (bicyclic) bond motifs is 1. The van der Waals surface area contributed by atoms with E-state index in [1.807, 2.05) is 11.4 Å². The standard InChI is InChI=1S/C15H18N2O3S2/c1-2-20-15(19)13-9(12-11(22-13)5-7-21-12)8-17-14(18)10-4-3-6-16-10/h5,7,10,16H,2-4,6,8H2,1H3,(H,17,18). The van der Waals surface area contributed by atoms with Crippen molar-refractivity contribution < 1.29 is 14.3 Å². The third kappa shape index (κ3) is 3.02. The summed E-state index contributed by atoms with van der Waals surface area (Å²) in [6.45, 7) is 3.40. The molecule has 0 aliphatic carbocycles. The van der Waals surface area contributed by atoms with E-state index in [0.717, 1.165) is 34.3 Å². The summed E-state index contributed by atoms with van der Waals surface area (Å²) >= 11 is 3.02. The first-order valence-electron chi connectivity index (χ1n) is 7.37. The number of esters is 1. The van der Waals surface area contributed by atoms with Gasteiger partial charge in [-0.2, -0.15) is 0 Å². The molecule has 0 radical (unpaired) electrons. The van der Waals surface area contributed by atoms with E-state index in [1.54, 1.807) is 18.3 Å². The highest BCUT2D eigenvalue weighted by Gasteiger charge is 2.24. The Balaban J connectivity index is 1.78. The van der Waals surface area contributed by atoms with Crippen molar-refractivity contribution in [2.24, 2.45) is 0 Å². The number of thiophene rings is 2. The van der Waals surface area contributed by atoms with E-state index in [1.165, 1.54) is 11.3 Å². The number of amides is 1. The molecule has 1 aliphatic rings. The van der Waals surface area contributed by atoms with Crippen LogP contribution in [0.1, 0.15) is 35.0 Å². The van der Waals surface area contributed by atoms with Crippen molar-refractivity contribution in [2.75, 3.05) is 13.2 Å². The van der Waals surface area contributed by atoms with Crippen LogP contribution in [0.25, 0.3) is 9.40 Å². The average Bonchev–Trinajstić information content (AvgIpc) is 3.21. The molecule has 0 spiro atoms. The molecule has 1 amide bonds. The van der Waals surface area contributed by atoms with Crippen molar-refractivity contribution in [1.82, 2.24) is 10.6 Å². The number of hydrogen-bond donors (Lipinski definition) is 2. The second-order valence-electron chi connectivity index (χ2n) is 5.11. The molecule has 0 saturated carbocycles. The number of carbonyl (C=O) groups is 2. The minimum Gasteiger partial charge on any atom is -0.462 e. The van der Waals surface area contributed by atoms with E-state index in [4.69, 9.17) is 4.74 Å². The van der Waals surface area contributed by atoms with Gasteiger partial charge in [0.15, 0.2) is 0 Å². The molecule has 1 unspecified atom stereocenters. The molecular weight excluding hydrogens is 320 g/mol. The average molecular weight is 338 g/mol. The lowest BCUT2D eigenvalue weighted by Gasteiger charge is -2.11. The van der Waals surface area contributed by atoms with Gasteiger partial charge in [-0.1, -0.05) is 0 Å². The van der Waals surface area contributed by atoms with Gasteiger partial charge >= 0.3 is 5.97 Å². The van der Waals surface area contributed by atoms with E-state index in [-0.39, 0.29) is 17.9 Å². The number of nitrogens with one attached hydrogen (secondary N) is 2. The molecule has 1 saturated heterocycles. The van der Waals surface area contributed by atoms with Crippen LogP contribution in [0.2, 0.25) is 0 Å². The molecular formula is C15H18N2O3S2. The van der Waals surface area contributed by atoms with Crippen LogP contribution >= 0.6 is 22.7 Å². The number of ether oxygens (including phenoxy) is 1. The third-order valence-electron chi connectivity index (χ3n) is 3.67. The maximum absolute atomic E-state index is 12.1. The monoisotopic (exact) mass is 338 g/mol. The molecule has 0 aromatic carbocycles. The fraction of sp³-hybridized carbons (Fsp3) is 0.467. The molecule has 3 rings (SSSR count). The zero-order valence-corrected chi connectivity index (χ0v) is 13.9. The summed E-state index contributed by atoms with van der Waals surface area (Å²) in [5.41, 5.74) is 0.875. The second-order valence-corrected chi connectivity index (χ2v) is 7.08. The molecule has 1 atom stereocenters. The first-order valence-corrected chi connectivity index (χ1v) is 9.07. The van der Waals surface area contributed by atoms with Crippen molar-refractivity contribution in [1.29, 1.82) is 0 Å². The van der Waals surface area contributed by atoms with Crippen molar-refractivity contribution in [3.05, 3.63) is 21.9 Å². The van der Waals surface area contributed by atoms with Crippen molar-refractivity contribution in [3.8, 4) is 0 Å². The van der Waals surface area contributed by atoms with Gasteiger partial charge in [-0.05, 0) is 37.8 Å². The van der Waals surface area contributed by atoms with Crippen LogP contribution in [0.3, 0.4) is 0 Å². The van der Waals surface area contributed by atoms with Crippen LogP contribution < -0.4 is 10.6 Å². The minimum absolute atomic E-state index is 0.00298. The number of hydrogen-bond acceptors (Lipinski definition) is 6. The van der Waals surface area contributed by atoms with E-state index in [2.05, 4.69) is 10.6 Å². The van der Waals surface area contributed by atoms with E-state index < -0.39 is 0 Å². The summed E-state index contributed by atoms with van der Waals surface area (Å²) in [6, 6.07) is 1.89. The molecule has 0 bridgehead atoms. The van der Waals surface area contributed by atoms with Crippen molar-refractivity contribution in [3.63, 3.8) is 0 Å². The van der Waals surface area contributed by atoms with Gasteiger partial charge in [0.05, 0.1) is 17.3 Å². The van der Waals surface area contributed by atoms with Gasteiger partial charge in [0, 0.05) is 16.8 Å². The highest BCUT2D eigenvalue weighted by molar-refractivity contribution is 7.28. The first-order chi connectivity index (χ1) is 10.7. The Kier molecular flexibility index (Phi) is 4.75. The summed E-state index contributed by atoms with van der Waals surface area (Å²) < 4.78 is 7.25. The van der Waals surface area contributed by atoms with Crippen LogP contribution in [0.5, 0.6) is 0 Å². The second kappa shape index (κ2) is 6.76. The highest BCUT2D eigenvalue weighted by Crippen LogP contribution is 2.35. The van der Waals surface area contributed by atoms with Crippen LogP contribution in [0.15, 0.2) is 11.4 Å². The molecule has 22 heavy (non-hydrogen) atoms. The van der Waals surface area contributed by atoms with Crippen LogP contribution in [-0.4, -0.2) is 31.1 Å². The predicted octanol–water partition coefficient (Wildman–Crippen LogP) is 2.51. The maximum atomic E-state index is 12.1. The normalized spacial score (nSPS) is 17.8. The molecule has 1 fully saturated rings. The molecule has 118 valence electrons. The fourth-order valence-corrected chi connectivity index (χ4v) is 4.87. The summed E-state index contributed by atoms with van der Waals surface area (Å²) in [5.74, 6) is -0.303. The predicted molar refractivity (Wildman–Crippen MR) is 88.5 cm³/mol. The van der Waals surface area contributed by atoms with Crippen LogP contribution in [0.4, 0.5) is 0 Å². The summed E-state index contributed by atoms with van der Waals surface area (Å²) in [6.07, 6.45) is 1.90. The lowest BCUT2D eigenvalue weighted by atomic mass is 10.2. The molecule has 2 aromatic rings. The van der Waals surface area contributed by atoms with Gasteiger partial charge in [-0.25, -0.2) is 4.79 Å². The van der Waals surface area contributed by atoms with E-state index in [9.17, 15) is 9.59 Å². The Labute approximate surface area is 136 Å². The van der Waals surface area contributed by atoms with Crippen LogP contribution in [0, 0.1) is 0 Å². The lowest BCUT2D eigenvalue weighted by Crippen LogP contribution is -2.40. The lowest BCUT2D eigenvalue weighted by molar-refractivity contribution is -0.122.